The molecular formula is C23H27N5O2S2. The zero-order chi connectivity index (χ0) is 22.3. The van der Waals surface area contributed by atoms with Crippen molar-refractivity contribution in [2.45, 2.75) is 45.2 Å². The molecule has 0 saturated carbocycles. The number of hydrogen-bond donors (Lipinski definition) is 2. The molecule has 0 radical (unpaired) electrons. The van der Waals surface area contributed by atoms with Crippen molar-refractivity contribution in [2.75, 3.05) is 30.0 Å². The number of carbonyl (C=O) groups is 1. The van der Waals surface area contributed by atoms with Crippen LogP contribution in [0.4, 0.5) is 15.8 Å². The molecule has 5 rings (SSSR count). The van der Waals surface area contributed by atoms with Crippen molar-refractivity contribution in [1.29, 1.82) is 0 Å². The fraction of sp³-hybridized carbons (Fsp3) is 0.435. The minimum absolute atomic E-state index is 0.0121. The molecule has 32 heavy (non-hydrogen) atoms. The van der Waals surface area contributed by atoms with Gasteiger partial charge in [-0.2, -0.15) is 4.37 Å². The number of morpholine rings is 1. The molecule has 1 aromatic carbocycles. The maximum Gasteiger partial charge on any atom is 0.263 e. The topological polar surface area (TPSA) is 79.4 Å². The lowest BCUT2D eigenvalue weighted by atomic mass is 9.94. The van der Waals surface area contributed by atoms with Crippen molar-refractivity contribution in [3.63, 3.8) is 0 Å². The molecule has 0 bridgehead atoms. The average Bonchev–Trinajstić information content (AvgIpc) is 3.34. The predicted molar refractivity (Wildman–Crippen MR) is 130 cm³/mol. The van der Waals surface area contributed by atoms with Crippen LogP contribution in [0.2, 0.25) is 0 Å². The quantitative estimate of drug-likeness (QED) is 0.584. The first-order valence-corrected chi connectivity index (χ1v) is 12.4. The third-order valence-electron chi connectivity index (χ3n) is 5.72. The van der Waals surface area contributed by atoms with E-state index < -0.39 is 0 Å². The van der Waals surface area contributed by atoms with Gasteiger partial charge < -0.3 is 20.3 Å². The Kier molecular flexibility index (Phi) is 5.65. The highest BCUT2D eigenvalue weighted by atomic mass is 32.1. The van der Waals surface area contributed by atoms with Crippen LogP contribution in [-0.2, 0) is 17.6 Å². The molecule has 1 amide bonds. The van der Waals surface area contributed by atoms with Crippen LogP contribution in [0.3, 0.4) is 0 Å². The number of carbonyl (C=O) groups excluding carboxylic acids is 1. The number of fused-ring (bicyclic) bond motifs is 1. The van der Waals surface area contributed by atoms with Gasteiger partial charge in [-0.15, -0.1) is 0 Å². The van der Waals surface area contributed by atoms with Gasteiger partial charge in [-0.25, -0.2) is 4.98 Å². The van der Waals surface area contributed by atoms with E-state index in [-0.39, 0.29) is 17.5 Å². The smallest absolute Gasteiger partial charge is 0.263 e. The Balaban J connectivity index is 1.35. The van der Waals surface area contributed by atoms with Crippen LogP contribution >= 0.6 is 22.9 Å². The highest BCUT2D eigenvalue weighted by molar-refractivity contribution is 7.17. The maximum absolute atomic E-state index is 12.6. The molecule has 2 N–H and O–H groups in total. The van der Waals surface area contributed by atoms with E-state index in [1.165, 1.54) is 28.4 Å². The molecule has 1 fully saturated rings. The second kappa shape index (κ2) is 8.46. The number of anilines is 3. The first kappa shape index (κ1) is 21.4. The Morgan fingerprint density at radius 2 is 2.22 bits per heavy atom. The zero-order valence-electron chi connectivity index (χ0n) is 18.5. The minimum atomic E-state index is -0.260. The van der Waals surface area contributed by atoms with Crippen molar-refractivity contribution in [1.82, 2.24) is 14.7 Å². The van der Waals surface area contributed by atoms with Gasteiger partial charge in [0.15, 0.2) is 5.13 Å². The van der Waals surface area contributed by atoms with Gasteiger partial charge in [-0.1, -0.05) is 23.5 Å². The van der Waals surface area contributed by atoms with Gasteiger partial charge >= 0.3 is 0 Å². The highest BCUT2D eigenvalue weighted by Gasteiger charge is 2.35. The molecule has 1 unspecified atom stereocenters. The summed E-state index contributed by atoms with van der Waals surface area (Å²) in [6, 6.07) is 10.7. The molecule has 2 aromatic heterocycles. The van der Waals surface area contributed by atoms with Gasteiger partial charge in [0.25, 0.3) is 5.91 Å². The van der Waals surface area contributed by atoms with Gasteiger partial charge in [0, 0.05) is 24.2 Å². The van der Waals surface area contributed by atoms with E-state index >= 15 is 0 Å². The molecule has 2 aliphatic heterocycles. The molecule has 0 spiro atoms. The molecule has 1 saturated heterocycles. The Hall–Kier alpha value is -2.49. The Bertz CT molecular complexity index is 1140. The van der Waals surface area contributed by atoms with E-state index in [4.69, 9.17) is 9.72 Å². The molecule has 1 atom stereocenters. The van der Waals surface area contributed by atoms with Gasteiger partial charge in [0.05, 0.1) is 30.6 Å². The molecule has 168 valence electrons. The fourth-order valence-electron chi connectivity index (χ4n) is 4.27. The number of aryl methyl sites for hydroxylation is 1. The Morgan fingerprint density at radius 1 is 1.34 bits per heavy atom. The number of hydrogen-bond acceptors (Lipinski definition) is 8. The van der Waals surface area contributed by atoms with Crippen molar-refractivity contribution in [3.05, 3.63) is 52.2 Å². The van der Waals surface area contributed by atoms with Crippen molar-refractivity contribution < 1.29 is 9.53 Å². The van der Waals surface area contributed by atoms with Crippen LogP contribution in [0.5, 0.6) is 0 Å². The molecule has 7 nitrogen and oxygen atoms in total. The van der Waals surface area contributed by atoms with E-state index in [1.54, 1.807) is 0 Å². The summed E-state index contributed by atoms with van der Waals surface area (Å²) < 4.78 is 10.2. The summed E-state index contributed by atoms with van der Waals surface area (Å²) in [5.74, 6) is -0.0121. The summed E-state index contributed by atoms with van der Waals surface area (Å²) >= 11 is 2.97. The molecule has 9 heteroatoms. The van der Waals surface area contributed by atoms with Crippen LogP contribution in [0.15, 0.2) is 30.3 Å². The molecule has 3 aromatic rings. The second-order valence-corrected chi connectivity index (χ2v) is 10.9. The lowest BCUT2D eigenvalue weighted by Gasteiger charge is -2.35. The third kappa shape index (κ3) is 4.51. The number of nitrogens with zero attached hydrogens (tertiary/aromatic N) is 3. The van der Waals surface area contributed by atoms with Crippen LogP contribution in [0.1, 0.15) is 40.5 Å². The van der Waals surface area contributed by atoms with E-state index in [1.807, 2.05) is 20.8 Å². The van der Waals surface area contributed by atoms with Gasteiger partial charge in [-0.05, 0) is 62.5 Å². The lowest BCUT2D eigenvalue weighted by molar-refractivity contribution is 0.0900. The molecule has 0 aliphatic carbocycles. The van der Waals surface area contributed by atoms with Crippen LogP contribution in [-0.4, -0.2) is 46.6 Å². The largest absolute Gasteiger partial charge is 0.377 e. The molecular weight excluding hydrogens is 442 g/mol. The van der Waals surface area contributed by atoms with E-state index in [9.17, 15) is 4.79 Å². The van der Waals surface area contributed by atoms with Crippen LogP contribution in [0, 0.1) is 6.92 Å². The maximum atomic E-state index is 12.6. The number of ether oxygens (including phenoxy) is 1. The van der Waals surface area contributed by atoms with Crippen LogP contribution in [0.25, 0.3) is 0 Å². The van der Waals surface area contributed by atoms with Crippen molar-refractivity contribution >= 4 is 44.6 Å². The molecule has 4 heterocycles. The number of aromatic nitrogens is 2. The average molecular weight is 470 g/mol. The highest BCUT2D eigenvalue weighted by Crippen LogP contribution is 2.34. The summed E-state index contributed by atoms with van der Waals surface area (Å²) in [6.45, 7) is 8.17. The summed E-state index contributed by atoms with van der Waals surface area (Å²) in [6.07, 6.45) is 1.60. The number of benzene rings is 1. The standard InChI is InChI=1S/C23H27N5O2S2/c1-14-9-19(32-27-14)24-16-6-4-5-15(10-16)11-17-13-30-8-7-28(17)22-25-18-12-23(2,3)26-21(29)20(18)31-22/h4-6,9-10,17,24H,7-8,11-13H2,1-3H3,(H,26,29). The SMILES string of the molecule is Cc1cc(Nc2cccc(CC3COCCN3c3nc4c(s3)C(=O)NC(C)(C)C4)c2)sn1. The monoisotopic (exact) mass is 469 g/mol. The summed E-state index contributed by atoms with van der Waals surface area (Å²) in [5.41, 5.74) is 3.96. The van der Waals surface area contributed by atoms with E-state index in [0.29, 0.717) is 13.2 Å². The van der Waals surface area contributed by atoms with E-state index in [2.05, 4.69) is 50.2 Å². The summed E-state index contributed by atoms with van der Waals surface area (Å²) in [7, 11) is 0. The number of nitrogens with one attached hydrogen (secondary N) is 2. The van der Waals surface area contributed by atoms with Gasteiger partial charge in [-0.3, -0.25) is 4.79 Å². The Labute approximate surface area is 196 Å². The predicted octanol–water partition coefficient (Wildman–Crippen LogP) is 4.16. The number of thiazole rings is 1. The lowest BCUT2D eigenvalue weighted by Crippen LogP contribution is -2.48. The third-order valence-corrected chi connectivity index (χ3v) is 7.65. The normalized spacial score (nSPS) is 20.0. The van der Waals surface area contributed by atoms with E-state index in [0.717, 1.165) is 51.5 Å². The van der Waals surface area contributed by atoms with Gasteiger partial charge in [0.1, 0.15) is 9.88 Å². The number of amides is 1. The molecule has 2 aliphatic rings. The number of rotatable bonds is 5. The first-order chi connectivity index (χ1) is 15.4. The summed E-state index contributed by atoms with van der Waals surface area (Å²) in [5, 5.41) is 8.49. The summed E-state index contributed by atoms with van der Waals surface area (Å²) in [4.78, 5) is 20.5. The first-order valence-electron chi connectivity index (χ1n) is 10.8. The minimum Gasteiger partial charge on any atom is -0.377 e. The Morgan fingerprint density at radius 3 is 3.03 bits per heavy atom. The van der Waals surface area contributed by atoms with Gasteiger partial charge in [0.2, 0.25) is 0 Å². The van der Waals surface area contributed by atoms with Crippen molar-refractivity contribution in [2.24, 2.45) is 0 Å². The zero-order valence-corrected chi connectivity index (χ0v) is 20.1. The van der Waals surface area contributed by atoms with Crippen molar-refractivity contribution in [3.8, 4) is 0 Å². The fourth-order valence-corrected chi connectivity index (χ4v) is 6.03. The second-order valence-electron chi connectivity index (χ2n) is 9.07. The van der Waals surface area contributed by atoms with Crippen LogP contribution < -0.4 is 15.5 Å².